The molecule has 4 heteroatoms. The number of hydrogen-bond donors (Lipinski definition) is 1. The lowest BCUT2D eigenvalue weighted by atomic mass is 10.1. The van der Waals surface area contributed by atoms with E-state index in [1.165, 1.54) is 16.7 Å². The molecule has 0 aliphatic heterocycles. The van der Waals surface area contributed by atoms with E-state index in [4.69, 9.17) is 4.98 Å². The molecule has 29 heavy (non-hydrogen) atoms. The van der Waals surface area contributed by atoms with Crippen LogP contribution in [0.1, 0.15) is 28.9 Å². The van der Waals surface area contributed by atoms with Gasteiger partial charge in [0.2, 0.25) is 5.91 Å². The molecule has 0 spiro atoms. The van der Waals surface area contributed by atoms with Crippen LogP contribution >= 0.6 is 0 Å². The maximum atomic E-state index is 12.4. The summed E-state index contributed by atoms with van der Waals surface area (Å²) in [5.74, 6) is 0.922. The molecule has 0 atom stereocenters. The van der Waals surface area contributed by atoms with Gasteiger partial charge in [0.15, 0.2) is 0 Å². The van der Waals surface area contributed by atoms with E-state index >= 15 is 0 Å². The SMILES string of the molecule is Cc1ccccc1Cn1c(CNC(=O)CCc2ccccc2)nc2ccccc21. The number of rotatable bonds is 7. The first kappa shape index (κ1) is 18.9. The van der Waals surface area contributed by atoms with Crippen molar-refractivity contribution in [2.75, 3.05) is 0 Å². The lowest BCUT2D eigenvalue weighted by Gasteiger charge is -2.12. The van der Waals surface area contributed by atoms with Gasteiger partial charge in [-0.05, 0) is 42.2 Å². The summed E-state index contributed by atoms with van der Waals surface area (Å²) in [7, 11) is 0. The minimum atomic E-state index is 0.0448. The highest BCUT2D eigenvalue weighted by atomic mass is 16.1. The van der Waals surface area contributed by atoms with E-state index in [-0.39, 0.29) is 5.91 Å². The van der Waals surface area contributed by atoms with E-state index in [0.717, 1.165) is 29.8 Å². The van der Waals surface area contributed by atoms with Gasteiger partial charge in [-0.3, -0.25) is 4.79 Å². The number of nitrogens with one attached hydrogen (secondary N) is 1. The molecule has 1 aromatic heterocycles. The van der Waals surface area contributed by atoms with Crippen LogP contribution in [0.5, 0.6) is 0 Å². The maximum Gasteiger partial charge on any atom is 0.220 e. The number of carbonyl (C=O) groups excluding carboxylic acids is 1. The Labute approximate surface area is 171 Å². The number of fused-ring (bicyclic) bond motifs is 1. The van der Waals surface area contributed by atoms with Crippen LogP contribution in [0.15, 0.2) is 78.9 Å². The summed E-state index contributed by atoms with van der Waals surface area (Å²) < 4.78 is 2.20. The molecule has 0 aliphatic carbocycles. The number of imidazole rings is 1. The van der Waals surface area contributed by atoms with Gasteiger partial charge in [0, 0.05) is 13.0 Å². The van der Waals surface area contributed by atoms with Gasteiger partial charge in [-0.1, -0.05) is 66.7 Å². The Morgan fingerprint density at radius 3 is 2.48 bits per heavy atom. The Morgan fingerprint density at radius 2 is 1.66 bits per heavy atom. The van der Waals surface area contributed by atoms with E-state index in [0.29, 0.717) is 13.0 Å². The first-order chi connectivity index (χ1) is 14.2. The molecule has 0 fully saturated rings. The number of carbonyl (C=O) groups is 1. The molecule has 3 aromatic carbocycles. The Balaban J connectivity index is 1.49. The molecule has 0 bridgehead atoms. The normalized spacial score (nSPS) is 10.9. The predicted molar refractivity (Wildman–Crippen MR) is 117 cm³/mol. The van der Waals surface area contributed by atoms with Gasteiger partial charge in [-0.25, -0.2) is 4.98 Å². The van der Waals surface area contributed by atoms with Gasteiger partial charge in [0.05, 0.1) is 17.6 Å². The molecular weight excluding hydrogens is 358 g/mol. The number of aromatic nitrogens is 2. The Bertz CT molecular complexity index is 1120. The van der Waals surface area contributed by atoms with Crippen molar-refractivity contribution in [2.24, 2.45) is 0 Å². The summed E-state index contributed by atoms with van der Waals surface area (Å²) in [6.45, 7) is 3.29. The fourth-order valence-electron chi connectivity index (χ4n) is 3.56. The molecule has 0 saturated carbocycles. The molecule has 4 nitrogen and oxygen atoms in total. The van der Waals surface area contributed by atoms with Crippen molar-refractivity contribution in [3.05, 3.63) is 101 Å². The standard InChI is InChI=1S/C25H25N3O/c1-19-9-5-6-12-21(19)18-28-23-14-8-7-13-22(23)27-24(28)17-26-25(29)16-15-20-10-3-2-4-11-20/h2-14H,15-18H2,1H3,(H,26,29). The Morgan fingerprint density at radius 1 is 0.931 bits per heavy atom. The van der Waals surface area contributed by atoms with Crippen LogP contribution in [0.2, 0.25) is 0 Å². The first-order valence-corrected chi connectivity index (χ1v) is 10.00. The number of hydrogen-bond acceptors (Lipinski definition) is 2. The smallest absolute Gasteiger partial charge is 0.220 e. The molecule has 146 valence electrons. The van der Waals surface area contributed by atoms with Crippen LogP contribution in [0.25, 0.3) is 11.0 Å². The van der Waals surface area contributed by atoms with Crippen LogP contribution < -0.4 is 5.32 Å². The zero-order valence-corrected chi connectivity index (χ0v) is 16.6. The highest BCUT2D eigenvalue weighted by Crippen LogP contribution is 2.19. The van der Waals surface area contributed by atoms with Crippen LogP contribution in [-0.4, -0.2) is 15.5 Å². The summed E-state index contributed by atoms with van der Waals surface area (Å²) in [5.41, 5.74) is 5.73. The maximum absolute atomic E-state index is 12.4. The van der Waals surface area contributed by atoms with Crippen molar-refractivity contribution >= 4 is 16.9 Å². The second-order valence-corrected chi connectivity index (χ2v) is 7.29. The number of benzene rings is 3. The molecule has 1 amide bonds. The minimum Gasteiger partial charge on any atom is -0.349 e. The van der Waals surface area contributed by atoms with Crippen molar-refractivity contribution in [1.82, 2.24) is 14.9 Å². The van der Waals surface area contributed by atoms with Crippen LogP contribution in [0, 0.1) is 6.92 Å². The largest absolute Gasteiger partial charge is 0.349 e. The Kier molecular flexibility index (Phi) is 5.71. The minimum absolute atomic E-state index is 0.0448. The summed E-state index contributed by atoms with van der Waals surface area (Å²) >= 11 is 0. The van der Waals surface area contributed by atoms with E-state index < -0.39 is 0 Å². The first-order valence-electron chi connectivity index (χ1n) is 10.00. The highest BCUT2D eigenvalue weighted by Gasteiger charge is 2.13. The Hall–Kier alpha value is -3.40. The third-order valence-electron chi connectivity index (χ3n) is 5.25. The summed E-state index contributed by atoms with van der Waals surface area (Å²) in [6.07, 6.45) is 1.22. The van der Waals surface area contributed by atoms with Gasteiger partial charge in [0.1, 0.15) is 5.82 Å². The zero-order chi connectivity index (χ0) is 20.1. The molecule has 0 radical (unpaired) electrons. The van der Waals surface area contributed by atoms with Gasteiger partial charge in [-0.2, -0.15) is 0 Å². The zero-order valence-electron chi connectivity index (χ0n) is 16.6. The number of aryl methyl sites for hydroxylation is 2. The quantitative estimate of drug-likeness (QED) is 0.505. The van der Waals surface area contributed by atoms with Crippen molar-refractivity contribution in [3.8, 4) is 0 Å². The van der Waals surface area contributed by atoms with E-state index in [1.807, 2.05) is 36.4 Å². The highest BCUT2D eigenvalue weighted by molar-refractivity contribution is 5.77. The lowest BCUT2D eigenvalue weighted by Crippen LogP contribution is -2.25. The van der Waals surface area contributed by atoms with Crippen molar-refractivity contribution in [1.29, 1.82) is 0 Å². The molecule has 1 heterocycles. The van der Waals surface area contributed by atoms with Crippen LogP contribution in [-0.2, 0) is 24.3 Å². The van der Waals surface area contributed by atoms with Crippen molar-refractivity contribution < 1.29 is 4.79 Å². The fourth-order valence-corrected chi connectivity index (χ4v) is 3.56. The number of amides is 1. The van der Waals surface area contributed by atoms with E-state index in [1.54, 1.807) is 0 Å². The molecule has 0 unspecified atom stereocenters. The molecular formula is C25H25N3O. The molecule has 0 saturated heterocycles. The van der Waals surface area contributed by atoms with Gasteiger partial charge < -0.3 is 9.88 Å². The number of para-hydroxylation sites is 2. The average Bonchev–Trinajstić information content (AvgIpc) is 3.10. The second-order valence-electron chi connectivity index (χ2n) is 7.29. The van der Waals surface area contributed by atoms with Crippen LogP contribution in [0.3, 0.4) is 0 Å². The molecule has 0 aliphatic rings. The fraction of sp³-hybridized carbons (Fsp3) is 0.200. The summed E-state index contributed by atoms with van der Waals surface area (Å²) in [4.78, 5) is 17.2. The third kappa shape index (κ3) is 4.54. The molecule has 4 aromatic rings. The van der Waals surface area contributed by atoms with Crippen molar-refractivity contribution in [3.63, 3.8) is 0 Å². The monoisotopic (exact) mass is 383 g/mol. The van der Waals surface area contributed by atoms with Crippen LogP contribution in [0.4, 0.5) is 0 Å². The summed E-state index contributed by atoms with van der Waals surface area (Å²) in [5, 5.41) is 3.05. The van der Waals surface area contributed by atoms with E-state index in [2.05, 4.69) is 59.3 Å². The van der Waals surface area contributed by atoms with Gasteiger partial charge in [-0.15, -0.1) is 0 Å². The average molecular weight is 383 g/mol. The lowest BCUT2D eigenvalue weighted by molar-refractivity contribution is -0.121. The predicted octanol–water partition coefficient (Wildman–Crippen LogP) is 4.64. The van der Waals surface area contributed by atoms with Crippen molar-refractivity contribution in [2.45, 2.75) is 32.9 Å². The topological polar surface area (TPSA) is 46.9 Å². The molecule has 1 N–H and O–H groups in total. The molecule has 4 rings (SSSR count). The number of nitrogens with zero attached hydrogens (tertiary/aromatic N) is 2. The third-order valence-corrected chi connectivity index (χ3v) is 5.25. The van der Waals surface area contributed by atoms with E-state index in [9.17, 15) is 4.79 Å². The van der Waals surface area contributed by atoms with Gasteiger partial charge in [0.25, 0.3) is 0 Å². The summed E-state index contributed by atoms with van der Waals surface area (Å²) in [6, 6.07) is 26.6. The van der Waals surface area contributed by atoms with Gasteiger partial charge >= 0.3 is 0 Å². The second kappa shape index (κ2) is 8.74.